The highest BCUT2D eigenvalue weighted by atomic mass is 16.5. The summed E-state index contributed by atoms with van der Waals surface area (Å²) >= 11 is 0. The Morgan fingerprint density at radius 3 is 2.42 bits per heavy atom. The van der Waals surface area contributed by atoms with Gasteiger partial charge in [0.1, 0.15) is 24.7 Å². The molecule has 0 saturated carbocycles. The van der Waals surface area contributed by atoms with Crippen molar-refractivity contribution in [2.75, 3.05) is 31.7 Å². The maximum Gasteiger partial charge on any atom is 0.227 e. The molecule has 26 heavy (non-hydrogen) atoms. The van der Waals surface area contributed by atoms with E-state index in [4.69, 9.17) is 14.2 Å². The smallest absolute Gasteiger partial charge is 0.227 e. The summed E-state index contributed by atoms with van der Waals surface area (Å²) in [6, 6.07) is 17.4. The number of anilines is 2. The van der Waals surface area contributed by atoms with Crippen LogP contribution in [0.2, 0.25) is 0 Å². The molecule has 0 unspecified atom stereocenters. The molecule has 0 aliphatic carbocycles. The van der Waals surface area contributed by atoms with E-state index in [-0.39, 0.29) is 0 Å². The summed E-state index contributed by atoms with van der Waals surface area (Å²) in [5, 5.41) is 3.22. The van der Waals surface area contributed by atoms with E-state index < -0.39 is 0 Å². The molecule has 1 aliphatic heterocycles. The molecule has 6 nitrogen and oxygen atoms in total. The Kier molecular flexibility index (Phi) is 4.93. The molecule has 0 fully saturated rings. The average Bonchev–Trinajstić information content (AvgIpc) is 2.67. The van der Waals surface area contributed by atoms with E-state index in [1.54, 1.807) is 6.20 Å². The molecule has 1 N–H and O–H groups in total. The van der Waals surface area contributed by atoms with Crippen LogP contribution in [-0.2, 0) is 4.74 Å². The normalized spacial score (nSPS) is 14.3. The first-order valence-electron chi connectivity index (χ1n) is 8.51. The van der Waals surface area contributed by atoms with Crippen molar-refractivity contribution < 1.29 is 14.2 Å². The lowest BCUT2D eigenvalue weighted by atomic mass is 10.1. The quantitative estimate of drug-likeness (QED) is 0.668. The van der Waals surface area contributed by atoms with Crippen molar-refractivity contribution in [3.63, 3.8) is 0 Å². The van der Waals surface area contributed by atoms with Crippen LogP contribution in [0.1, 0.15) is 0 Å². The van der Waals surface area contributed by atoms with Crippen molar-refractivity contribution in [2.45, 2.75) is 0 Å². The van der Waals surface area contributed by atoms with Crippen LogP contribution in [-0.4, -0.2) is 36.4 Å². The zero-order valence-electron chi connectivity index (χ0n) is 14.2. The fourth-order valence-electron chi connectivity index (χ4n) is 2.66. The van der Waals surface area contributed by atoms with Gasteiger partial charge in [0, 0.05) is 23.5 Å². The molecule has 2 heterocycles. The lowest BCUT2D eigenvalue weighted by Crippen LogP contribution is -2.12. The zero-order valence-corrected chi connectivity index (χ0v) is 14.2. The number of hydrogen-bond acceptors (Lipinski definition) is 6. The number of nitrogens with one attached hydrogen (secondary N) is 1. The Hall–Kier alpha value is -3.12. The van der Waals surface area contributed by atoms with Gasteiger partial charge in [0.25, 0.3) is 0 Å². The van der Waals surface area contributed by atoms with Crippen molar-refractivity contribution >= 4 is 11.6 Å². The summed E-state index contributed by atoms with van der Waals surface area (Å²) in [7, 11) is 0. The third-order valence-electron chi connectivity index (χ3n) is 3.87. The van der Waals surface area contributed by atoms with Gasteiger partial charge < -0.3 is 19.5 Å². The van der Waals surface area contributed by atoms with Crippen LogP contribution in [0.5, 0.6) is 11.5 Å². The van der Waals surface area contributed by atoms with E-state index in [1.807, 2.05) is 54.6 Å². The van der Waals surface area contributed by atoms with Crippen molar-refractivity contribution in [3.8, 4) is 22.8 Å². The molecule has 0 amide bonds. The van der Waals surface area contributed by atoms with Gasteiger partial charge in [0.05, 0.1) is 18.9 Å². The summed E-state index contributed by atoms with van der Waals surface area (Å²) in [5.74, 6) is 2.08. The number of rotatable bonds is 0. The van der Waals surface area contributed by atoms with Crippen LogP contribution >= 0.6 is 0 Å². The van der Waals surface area contributed by atoms with Gasteiger partial charge in [0.15, 0.2) is 0 Å². The minimum absolute atomic E-state index is 0.477. The highest BCUT2D eigenvalue weighted by Crippen LogP contribution is 2.24. The largest absolute Gasteiger partial charge is 0.491 e. The average molecular weight is 349 g/mol. The summed E-state index contributed by atoms with van der Waals surface area (Å²) < 4.78 is 17.0. The van der Waals surface area contributed by atoms with Crippen molar-refractivity contribution in [1.29, 1.82) is 0 Å². The Bertz CT molecular complexity index is 885. The first-order valence-corrected chi connectivity index (χ1v) is 8.51. The van der Waals surface area contributed by atoms with E-state index in [9.17, 15) is 0 Å². The second-order valence-electron chi connectivity index (χ2n) is 5.76. The molecule has 1 aromatic heterocycles. The summed E-state index contributed by atoms with van der Waals surface area (Å²) in [5.41, 5.74) is 2.65. The van der Waals surface area contributed by atoms with E-state index in [2.05, 4.69) is 15.3 Å². The molecule has 2 aromatic carbocycles. The van der Waals surface area contributed by atoms with Crippen molar-refractivity contribution in [3.05, 3.63) is 60.8 Å². The minimum Gasteiger partial charge on any atom is -0.491 e. The van der Waals surface area contributed by atoms with Gasteiger partial charge in [-0.25, -0.2) is 9.97 Å². The van der Waals surface area contributed by atoms with Gasteiger partial charge in [0.2, 0.25) is 5.95 Å². The molecule has 0 saturated heterocycles. The van der Waals surface area contributed by atoms with Gasteiger partial charge in [-0.05, 0) is 30.3 Å². The Morgan fingerprint density at radius 1 is 0.808 bits per heavy atom. The SMILES string of the molecule is c1cc2cc(c1)OCCOCCOc1cccc(c1)-c1ccnc(n1)N2. The van der Waals surface area contributed by atoms with Crippen molar-refractivity contribution in [2.24, 2.45) is 0 Å². The van der Waals surface area contributed by atoms with Crippen LogP contribution in [0.25, 0.3) is 11.3 Å². The number of aromatic nitrogens is 2. The highest BCUT2D eigenvalue weighted by Gasteiger charge is 2.06. The molecule has 1 aliphatic rings. The molecule has 6 heteroatoms. The fraction of sp³-hybridized carbons (Fsp3) is 0.200. The second-order valence-corrected chi connectivity index (χ2v) is 5.76. The Balaban J connectivity index is 1.67. The van der Waals surface area contributed by atoms with Crippen LogP contribution < -0.4 is 14.8 Å². The lowest BCUT2D eigenvalue weighted by molar-refractivity contribution is 0.0764. The molecule has 0 spiro atoms. The zero-order chi connectivity index (χ0) is 17.6. The van der Waals surface area contributed by atoms with Crippen LogP contribution in [0.3, 0.4) is 0 Å². The van der Waals surface area contributed by atoms with E-state index in [1.165, 1.54) is 0 Å². The van der Waals surface area contributed by atoms with E-state index in [0.29, 0.717) is 32.4 Å². The summed E-state index contributed by atoms with van der Waals surface area (Å²) in [4.78, 5) is 8.91. The monoisotopic (exact) mass is 349 g/mol. The third kappa shape index (κ3) is 4.10. The molecular weight excluding hydrogens is 330 g/mol. The van der Waals surface area contributed by atoms with Crippen molar-refractivity contribution in [1.82, 2.24) is 9.97 Å². The third-order valence-corrected chi connectivity index (χ3v) is 3.87. The minimum atomic E-state index is 0.477. The lowest BCUT2D eigenvalue weighted by Gasteiger charge is -2.09. The highest BCUT2D eigenvalue weighted by molar-refractivity contribution is 5.63. The van der Waals surface area contributed by atoms with E-state index in [0.717, 1.165) is 28.4 Å². The van der Waals surface area contributed by atoms with E-state index >= 15 is 0 Å². The Labute approximate surface area is 151 Å². The van der Waals surface area contributed by atoms with Crippen LogP contribution in [0, 0.1) is 0 Å². The molecular formula is C20H19N3O3. The predicted octanol–water partition coefficient (Wildman–Crippen LogP) is 3.68. The molecule has 3 aromatic rings. The molecule has 0 atom stereocenters. The topological polar surface area (TPSA) is 65.5 Å². The Morgan fingerprint density at radius 2 is 1.58 bits per heavy atom. The number of nitrogens with zero attached hydrogens (tertiary/aromatic N) is 2. The van der Waals surface area contributed by atoms with Crippen LogP contribution in [0.15, 0.2) is 60.8 Å². The van der Waals surface area contributed by atoms with Gasteiger partial charge in [-0.2, -0.15) is 0 Å². The fourth-order valence-corrected chi connectivity index (χ4v) is 2.66. The van der Waals surface area contributed by atoms with Crippen LogP contribution in [0.4, 0.5) is 11.6 Å². The number of ether oxygens (including phenoxy) is 3. The summed E-state index contributed by atoms with van der Waals surface area (Å²) in [6.07, 6.45) is 1.74. The maximum atomic E-state index is 5.76. The number of fused-ring (bicyclic) bond motifs is 7. The first-order chi connectivity index (χ1) is 12.9. The van der Waals surface area contributed by atoms with Gasteiger partial charge >= 0.3 is 0 Å². The standard InChI is InChI=1S/C20H19N3O3/c1-3-15-13-17(5-1)25-11-9-24-10-12-26-18-6-2-4-16(14-18)22-20-21-8-7-19(15)23-20/h1-8,13-14H,9-12H2,(H,21,22,23). The van der Waals surface area contributed by atoms with Gasteiger partial charge in [-0.3, -0.25) is 0 Å². The number of hydrogen-bond donors (Lipinski definition) is 1. The molecule has 132 valence electrons. The maximum absolute atomic E-state index is 5.76. The predicted molar refractivity (Wildman–Crippen MR) is 99.0 cm³/mol. The number of benzene rings is 2. The second kappa shape index (κ2) is 7.84. The molecule has 4 rings (SSSR count). The summed E-state index contributed by atoms with van der Waals surface area (Å²) in [6.45, 7) is 1.97. The molecule has 6 bridgehead atoms. The first kappa shape index (κ1) is 16.4. The van der Waals surface area contributed by atoms with Gasteiger partial charge in [-0.15, -0.1) is 0 Å². The van der Waals surface area contributed by atoms with Gasteiger partial charge in [-0.1, -0.05) is 18.2 Å². The molecule has 0 radical (unpaired) electrons.